The molecular formula is C29H39N7O3S. The summed E-state index contributed by atoms with van der Waals surface area (Å²) in [6, 6.07) is 3.66. The molecule has 1 unspecified atom stereocenters. The molecule has 0 saturated heterocycles. The number of pyridine rings is 1. The molecule has 2 atom stereocenters. The van der Waals surface area contributed by atoms with Crippen LogP contribution in [0, 0.1) is 0 Å². The topological polar surface area (TPSA) is 128 Å². The first kappa shape index (κ1) is 31.0. The Morgan fingerprint density at radius 3 is 2.55 bits per heavy atom. The monoisotopic (exact) mass is 565 g/mol. The van der Waals surface area contributed by atoms with E-state index >= 15 is 0 Å². The molecule has 1 N–H and O–H groups in total. The molecule has 1 fully saturated rings. The van der Waals surface area contributed by atoms with Gasteiger partial charge in [-0.25, -0.2) is 24.9 Å². The smallest absolute Gasteiger partial charge is 0.244 e. The number of ether oxygens (including phenoxy) is 1. The van der Waals surface area contributed by atoms with Crippen molar-refractivity contribution in [3.63, 3.8) is 0 Å². The van der Waals surface area contributed by atoms with Crippen molar-refractivity contribution in [3.8, 4) is 5.88 Å². The Morgan fingerprint density at radius 2 is 2.02 bits per heavy atom. The minimum absolute atomic E-state index is 0.134. The van der Waals surface area contributed by atoms with Gasteiger partial charge < -0.3 is 19.5 Å². The number of aldehydes is 1. The second kappa shape index (κ2) is 14.2. The molecule has 2 aromatic heterocycles. The number of hydrogen-bond donors (Lipinski definition) is 1. The first-order valence-corrected chi connectivity index (χ1v) is 14.8. The van der Waals surface area contributed by atoms with Gasteiger partial charge in [0.05, 0.1) is 24.1 Å². The molecule has 0 radical (unpaired) electrons. The molecule has 214 valence electrons. The number of allylic oxidation sites excluding steroid dienone is 1. The molecule has 2 heterocycles. The van der Waals surface area contributed by atoms with E-state index in [-0.39, 0.29) is 11.9 Å². The number of nitrogens with one attached hydrogen (secondary N) is 1. The Kier molecular flexibility index (Phi) is 11.0. The standard InChI is InChI=1S/C29H39N7O3S/c1-9-19(4)36(6)28(34-20(5)25-27(22-11-12-22)32-17-33-29(25)39-7)26(18(2)3)35-23(16-37)30-14-21-10-13-24(31-15-21)40(8)38/h10,13,15-17,19,22H,5,9,11-12,14H2,1-4,6-8H3,(H,30,35)/b34-28+/t19-,40?/m0/s1. The highest BCUT2D eigenvalue weighted by Gasteiger charge is 2.31. The molecule has 0 spiro atoms. The Bertz CT molecular complexity index is 1300. The average Bonchev–Trinajstić information content (AvgIpc) is 3.80. The normalized spacial score (nSPS) is 15.2. The number of carbonyl (C=O) groups excluding carboxylic acids is 1. The zero-order chi connectivity index (χ0) is 29.4. The first-order valence-electron chi connectivity index (χ1n) is 13.2. The summed E-state index contributed by atoms with van der Waals surface area (Å²) in [5.41, 5.74) is 4.30. The zero-order valence-corrected chi connectivity index (χ0v) is 25.2. The molecule has 0 bridgehead atoms. The minimum Gasteiger partial charge on any atom is -0.610 e. The Labute approximate surface area is 240 Å². The van der Waals surface area contributed by atoms with E-state index in [2.05, 4.69) is 40.7 Å². The van der Waals surface area contributed by atoms with Crippen LogP contribution in [0.5, 0.6) is 5.88 Å². The van der Waals surface area contributed by atoms with Crippen LogP contribution in [0.4, 0.5) is 0 Å². The van der Waals surface area contributed by atoms with E-state index in [9.17, 15) is 9.35 Å². The highest BCUT2D eigenvalue weighted by Crippen LogP contribution is 2.44. The molecule has 3 rings (SSSR count). The number of methoxy groups -OCH3 is 1. The maximum Gasteiger partial charge on any atom is 0.244 e. The van der Waals surface area contributed by atoms with Crippen molar-refractivity contribution in [2.75, 3.05) is 20.4 Å². The third kappa shape index (κ3) is 7.76. The number of aliphatic imine (C=N–C) groups is 2. The fraction of sp³-hybridized carbons (Fsp3) is 0.448. The van der Waals surface area contributed by atoms with Crippen LogP contribution >= 0.6 is 0 Å². The summed E-state index contributed by atoms with van der Waals surface area (Å²) < 4.78 is 17.2. The van der Waals surface area contributed by atoms with Crippen LogP contribution in [-0.2, 0) is 22.5 Å². The molecule has 1 aliphatic carbocycles. The quantitative estimate of drug-likeness (QED) is 0.175. The Hall–Kier alpha value is -3.57. The lowest BCUT2D eigenvalue weighted by Crippen LogP contribution is -2.36. The summed E-state index contributed by atoms with van der Waals surface area (Å²) in [6.45, 7) is 12.7. The molecular weight excluding hydrogens is 526 g/mol. The summed E-state index contributed by atoms with van der Waals surface area (Å²) in [5.74, 6) is 1.49. The maximum atomic E-state index is 12.1. The van der Waals surface area contributed by atoms with Crippen molar-refractivity contribution in [2.24, 2.45) is 9.98 Å². The maximum absolute atomic E-state index is 12.1. The first-order chi connectivity index (χ1) is 19.1. The van der Waals surface area contributed by atoms with Gasteiger partial charge in [0.15, 0.2) is 18.0 Å². The van der Waals surface area contributed by atoms with Gasteiger partial charge in [-0.1, -0.05) is 13.5 Å². The largest absolute Gasteiger partial charge is 0.610 e. The molecule has 40 heavy (non-hydrogen) atoms. The molecule has 0 amide bonds. The number of aromatic nitrogens is 3. The van der Waals surface area contributed by atoms with Crippen molar-refractivity contribution >= 4 is 34.8 Å². The summed E-state index contributed by atoms with van der Waals surface area (Å²) >= 11 is -1.16. The third-order valence-electron chi connectivity index (χ3n) is 6.71. The fourth-order valence-electron chi connectivity index (χ4n) is 3.93. The van der Waals surface area contributed by atoms with Crippen molar-refractivity contribution in [1.82, 2.24) is 25.2 Å². The molecule has 1 saturated carbocycles. The number of rotatable bonds is 12. The molecule has 2 aromatic rings. The van der Waals surface area contributed by atoms with Crippen LogP contribution in [0.1, 0.15) is 69.7 Å². The van der Waals surface area contributed by atoms with E-state index in [1.165, 1.54) is 6.33 Å². The lowest BCUT2D eigenvalue weighted by Gasteiger charge is -2.28. The molecule has 1 aliphatic rings. The molecule has 0 aromatic carbocycles. The highest BCUT2D eigenvalue weighted by molar-refractivity contribution is 7.90. The Morgan fingerprint density at radius 1 is 1.30 bits per heavy atom. The summed E-state index contributed by atoms with van der Waals surface area (Å²) in [7, 11) is 3.53. The lowest BCUT2D eigenvalue weighted by molar-refractivity contribution is -0.102. The van der Waals surface area contributed by atoms with E-state index in [1.54, 1.807) is 25.6 Å². The number of hydrogen-bond acceptors (Lipinski definition) is 8. The van der Waals surface area contributed by atoms with Gasteiger partial charge in [0, 0.05) is 49.0 Å². The number of carbonyl (C=O) groups is 1. The summed E-state index contributed by atoms with van der Waals surface area (Å²) in [4.78, 5) is 36.9. The second-order valence-corrected chi connectivity index (χ2v) is 11.3. The van der Waals surface area contributed by atoms with Gasteiger partial charge in [-0.2, -0.15) is 0 Å². The van der Waals surface area contributed by atoms with Gasteiger partial charge in [-0.15, -0.1) is 0 Å². The lowest BCUT2D eigenvalue weighted by atomic mass is 10.1. The van der Waals surface area contributed by atoms with Crippen LogP contribution in [-0.4, -0.2) is 68.8 Å². The number of amidine groups is 2. The molecule has 11 heteroatoms. The van der Waals surface area contributed by atoms with E-state index in [0.717, 1.165) is 36.1 Å². The SMILES string of the molecule is C=C(/N=C(\C(/N=C(\C=O)NCc1ccc([S+](C)[O-])nc1)=C(C)C)N(C)[C@@H](C)CC)c1c(OC)ncnc1C1CC1. The number of likely N-dealkylation sites (N-methyl/N-ethyl adjacent to an activating group) is 1. The number of nitrogens with zero attached hydrogens (tertiary/aromatic N) is 6. The third-order valence-corrected chi connectivity index (χ3v) is 7.54. The predicted molar refractivity (Wildman–Crippen MR) is 160 cm³/mol. The van der Waals surface area contributed by atoms with Gasteiger partial charge in [0.1, 0.15) is 18.3 Å². The second-order valence-electron chi connectivity index (χ2n) is 9.94. The van der Waals surface area contributed by atoms with Crippen LogP contribution in [0.2, 0.25) is 0 Å². The van der Waals surface area contributed by atoms with Crippen LogP contribution < -0.4 is 10.1 Å². The summed E-state index contributed by atoms with van der Waals surface area (Å²) in [5, 5.41) is 3.59. The fourth-order valence-corrected chi connectivity index (χ4v) is 4.39. The van der Waals surface area contributed by atoms with Crippen LogP contribution in [0.15, 0.2) is 57.5 Å². The van der Waals surface area contributed by atoms with Crippen molar-refractivity contribution in [1.29, 1.82) is 0 Å². The van der Waals surface area contributed by atoms with Gasteiger partial charge in [-0.05, 0) is 57.2 Å². The average molecular weight is 566 g/mol. The van der Waals surface area contributed by atoms with Crippen LogP contribution in [0.3, 0.4) is 0 Å². The molecule has 10 nitrogen and oxygen atoms in total. The van der Waals surface area contributed by atoms with Crippen LogP contribution in [0.25, 0.3) is 5.70 Å². The predicted octanol–water partition coefficient (Wildman–Crippen LogP) is 4.28. The van der Waals surface area contributed by atoms with Gasteiger partial charge in [-0.3, -0.25) is 4.79 Å². The van der Waals surface area contributed by atoms with Gasteiger partial charge in [0.25, 0.3) is 0 Å². The highest BCUT2D eigenvalue weighted by atomic mass is 32.2. The van der Waals surface area contributed by atoms with Crippen molar-refractivity contribution < 1.29 is 14.1 Å². The zero-order valence-electron chi connectivity index (χ0n) is 24.4. The van der Waals surface area contributed by atoms with E-state index in [4.69, 9.17) is 14.7 Å². The Balaban J connectivity index is 2.01. The summed E-state index contributed by atoms with van der Waals surface area (Å²) in [6.07, 6.45) is 8.38. The van der Waals surface area contributed by atoms with E-state index in [1.807, 2.05) is 31.9 Å². The van der Waals surface area contributed by atoms with Gasteiger partial charge >= 0.3 is 0 Å². The van der Waals surface area contributed by atoms with Crippen molar-refractivity contribution in [2.45, 2.75) is 70.5 Å². The van der Waals surface area contributed by atoms with Gasteiger partial charge in [0.2, 0.25) is 10.9 Å². The van der Waals surface area contributed by atoms with E-state index in [0.29, 0.717) is 52.4 Å². The molecule has 0 aliphatic heterocycles. The minimum atomic E-state index is -1.16. The van der Waals surface area contributed by atoms with E-state index < -0.39 is 11.2 Å². The van der Waals surface area contributed by atoms with Crippen molar-refractivity contribution in [3.05, 3.63) is 59.3 Å².